The molecule has 5 heteroatoms. The molecule has 0 saturated carbocycles. The van der Waals surface area contributed by atoms with E-state index in [4.69, 9.17) is 4.42 Å². The first-order valence-corrected chi connectivity index (χ1v) is 9.39. The maximum Gasteiger partial charge on any atom is 0.257 e. The summed E-state index contributed by atoms with van der Waals surface area (Å²) in [6.07, 6.45) is 0. The summed E-state index contributed by atoms with van der Waals surface area (Å²) in [7, 11) is 0. The van der Waals surface area contributed by atoms with Gasteiger partial charge in [0.15, 0.2) is 0 Å². The number of rotatable bonds is 6. The molecular formula is C21H19N3OS. The lowest BCUT2D eigenvalue weighted by Crippen LogP contribution is -2.22. The highest BCUT2D eigenvalue weighted by Gasteiger charge is 2.16. The normalized spacial score (nSPS) is 12.2. The van der Waals surface area contributed by atoms with E-state index < -0.39 is 0 Å². The van der Waals surface area contributed by atoms with E-state index in [1.54, 1.807) is 11.3 Å². The van der Waals surface area contributed by atoms with Crippen LogP contribution in [0.2, 0.25) is 0 Å². The molecule has 0 aliphatic heterocycles. The Kier molecular flexibility index (Phi) is 4.91. The molecule has 130 valence electrons. The van der Waals surface area contributed by atoms with Crippen LogP contribution in [0.5, 0.6) is 0 Å². The second-order valence-electron chi connectivity index (χ2n) is 6.11. The lowest BCUT2D eigenvalue weighted by atomic mass is 9.98. The standard InChI is InChI=1S/C21H19N3OS/c1-15-9-11-17(12-10-15)20(16-6-3-2-4-7-16)22-14-19-23-24-21(25-19)18-8-5-13-26-18/h2-13,20,22H,14H2,1H3. The van der Waals surface area contributed by atoms with Crippen LogP contribution in [0.3, 0.4) is 0 Å². The first kappa shape index (κ1) is 16.7. The molecule has 1 atom stereocenters. The van der Waals surface area contributed by atoms with Gasteiger partial charge in [-0.1, -0.05) is 66.2 Å². The second-order valence-corrected chi connectivity index (χ2v) is 7.06. The van der Waals surface area contributed by atoms with Crippen molar-refractivity contribution in [1.82, 2.24) is 15.5 Å². The second kappa shape index (κ2) is 7.64. The summed E-state index contributed by atoms with van der Waals surface area (Å²) >= 11 is 1.59. The third kappa shape index (κ3) is 3.74. The Morgan fingerprint density at radius 2 is 1.69 bits per heavy atom. The molecule has 4 nitrogen and oxygen atoms in total. The Bertz CT molecular complexity index is 947. The topological polar surface area (TPSA) is 51.0 Å². The van der Waals surface area contributed by atoms with E-state index in [0.717, 1.165) is 4.88 Å². The first-order chi connectivity index (χ1) is 12.8. The van der Waals surface area contributed by atoms with Gasteiger partial charge >= 0.3 is 0 Å². The van der Waals surface area contributed by atoms with Gasteiger partial charge in [-0.25, -0.2) is 0 Å². The minimum Gasteiger partial charge on any atom is -0.419 e. The Labute approximate surface area is 156 Å². The maximum atomic E-state index is 5.79. The van der Waals surface area contributed by atoms with Crippen molar-refractivity contribution in [2.45, 2.75) is 19.5 Å². The zero-order valence-electron chi connectivity index (χ0n) is 14.4. The van der Waals surface area contributed by atoms with Gasteiger partial charge in [-0.15, -0.1) is 21.5 Å². The molecule has 0 radical (unpaired) electrons. The predicted molar refractivity (Wildman–Crippen MR) is 104 cm³/mol. The van der Waals surface area contributed by atoms with Gasteiger partial charge in [0.05, 0.1) is 17.5 Å². The van der Waals surface area contributed by atoms with Crippen LogP contribution in [0.15, 0.2) is 76.5 Å². The van der Waals surface area contributed by atoms with Crippen molar-refractivity contribution >= 4 is 11.3 Å². The van der Waals surface area contributed by atoms with Gasteiger partial charge in [-0.05, 0) is 29.5 Å². The van der Waals surface area contributed by atoms with Crippen molar-refractivity contribution in [3.05, 3.63) is 94.7 Å². The van der Waals surface area contributed by atoms with Crippen molar-refractivity contribution in [2.24, 2.45) is 0 Å². The minimum absolute atomic E-state index is 0.0638. The van der Waals surface area contributed by atoms with Crippen molar-refractivity contribution in [3.8, 4) is 10.8 Å². The molecule has 2 heterocycles. The molecule has 2 aromatic heterocycles. The fourth-order valence-electron chi connectivity index (χ4n) is 2.85. The van der Waals surface area contributed by atoms with Crippen LogP contribution in [0.4, 0.5) is 0 Å². The van der Waals surface area contributed by atoms with Crippen molar-refractivity contribution in [2.75, 3.05) is 0 Å². The lowest BCUT2D eigenvalue weighted by Gasteiger charge is -2.19. The van der Waals surface area contributed by atoms with Crippen LogP contribution < -0.4 is 5.32 Å². The van der Waals surface area contributed by atoms with Gasteiger partial charge in [0.2, 0.25) is 5.89 Å². The summed E-state index contributed by atoms with van der Waals surface area (Å²) in [5, 5.41) is 13.9. The summed E-state index contributed by atoms with van der Waals surface area (Å²) in [5.74, 6) is 1.16. The number of hydrogen-bond acceptors (Lipinski definition) is 5. The summed E-state index contributed by atoms with van der Waals surface area (Å²) in [4.78, 5) is 0.988. The molecule has 0 fully saturated rings. The Hall–Kier alpha value is -2.76. The molecule has 2 aromatic carbocycles. The maximum absolute atomic E-state index is 5.79. The molecule has 0 aliphatic rings. The smallest absolute Gasteiger partial charge is 0.257 e. The third-order valence-corrected chi connectivity index (χ3v) is 5.06. The van der Waals surface area contributed by atoms with Gasteiger partial charge in [0.25, 0.3) is 5.89 Å². The molecule has 0 saturated heterocycles. The molecule has 0 bridgehead atoms. The fraction of sp³-hybridized carbons (Fsp3) is 0.143. The number of aromatic nitrogens is 2. The lowest BCUT2D eigenvalue weighted by molar-refractivity contribution is 0.462. The highest BCUT2D eigenvalue weighted by molar-refractivity contribution is 7.13. The van der Waals surface area contributed by atoms with Crippen LogP contribution in [0, 0.1) is 6.92 Å². The van der Waals surface area contributed by atoms with Crippen LogP contribution >= 0.6 is 11.3 Å². The molecule has 1 N–H and O–H groups in total. The first-order valence-electron chi connectivity index (χ1n) is 8.51. The van der Waals surface area contributed by atoms with E-state index in [9.17, 15) is 0 Å². The molecule has 4 rings (SSSR count). The van der Waals surface area contributed by atoms with E-state index in [1.807, 2.05) is 23.6 Å². The quantitative estimate of drug-likeness (QED) is 0.526. The Balaban J connectivity index is 1.54. The van der Waals surface area contributed by atoms with E-state index >= 15 is 0 Å². The van der Waals surface area contributed by atoms with Crippen LogP contribution in [0.1, 0.15) is 28.6 Å². The average Bonchev–Trinajstić information content (AvgIpc) is 3.36. The third-order valence-electron chi connectivity index (χ3n) is 4.20. The van der Waals surface area contributed by atoms with E-state index in [-0.39, 0.29) is 6.04 Å². The number of nitrogens with zero attached hydrogens (tertiary/aromatic N) is 2. The zero-order chi connectivity index (χ0) is 17.8. The predicted octanol–water partition coefficient (Wildman–Crippen LogP) is 4.99. The Morgan fingerprint density at radius 1 is 0.923 bits per heavy atom. The summed E-state index contributed by atoms with van der Waals surface area (Å²) < 4.78 is 5.79. The summed E-state index contributed by atoms with van der Waals surface area (Å²) in [5.41, 5.74) is 3.66. The molecule has 0 amide bonds. The SMILES string of the molecule is Cc1ccc(C(NCc2nnc(-c3cccs3)o2)c2ccccc2)cc1. The molecule has 1 unspecified atom stereocenters. The van der Waals surface area contributed by atoms with Crippen molar-refractivity contribution in [1.29, 1.82) is 0 Å². The number of thiophene rings is 1. The molecule has 26 heavy (non-hydrogen) atoms. The molecule has 4 aromatic rings. The van der Waals surface area contributed by atoms with E-state index in [0.29, 0.717) is 18.3 Å². The highest BCUT2D eigenvalue weighted by atomic mass is 32.1. The van der Waals surface area contributed by atoms with Crippen LogP contribution in [0.25, 0.3) is 10.8 Å². The average molecular weight is 361 g/mol. The zero-order valence-corrected chi connectivity index (χ0v) is 15.2. The van der Waals surface area contributed by atoms with Gasteiger partial charge in [-0.3, -0.25) is 5.32 Å². The van der Waals surface area contributed by atoms with Gasteiger partial charge in [0, 0.05) is 0 Å². The Morgan fingerprint density at radius 3 is 2.42 bits per heavy atom. The van der Waals surface area contributed by atoms with Crippen LogP contribution in [-0.4, -0.2) is 10.2 Å². The van der Waals surface area contributed by atoms with Crippen molar-refractivity contribution < 1.29 is 4.42 Å². The van der Waals surface area contributed by atoms with E-state index in [2.05, 4.69) is 71.0 Å². The van der Waals surface area contributed by atoms with Crippen LogP contribution in [-0.2, 0) is 6.54 Å². The molecular weight excluding hydrogens is 342 g/mol. The van der Waals surface area contributed by atoms with E-state index in [1.165, 1.54) is 16.7 Å². The number of hydrogen-bond donors (Lipinski definition) is 1. The van der Waals surface area contributed by atoms with Gasteiger partial charge in [-0.2, -0.15) is 0 Å². The molecule has 0 aliphatic carbocycles. The number of aryl methyl sites for hydroxylation is 1. The van der Waals surface area contributed by atoms with Crippen molar-refractivity contribution in [3.63, 3.8) is 0 Å². The van der Waals surface area contributed by atoms with Gasteiger partial charge < -0.3 is 4.42 Å². The van der Waals surface area contributed by atoms with Gasteiger partial charge in [0.1, 0.15) is 0 Å². The summed E-state index contributed by atoms with van der Waals surface area (Å²) in [6.45, 7) is 2.60. The summed E-state index contributed by atoms with van der Waals surface area (Å²) in [6, 6.07) is 23.0. The number of nitrogens with one attached hydrogen (secondary N) is 1. The largest absolute Gasteiger partial charge is 0.419 e. The minimum atomic E-state index is 0.0638. The molecule has 0 spiro atoms. The highest BCUT2D eigenvalue weighted by Crippen LogP contribution is 2.25. The number of benzene rings is 2. The monoisotopic (exact) mass is 361 g/mol. The fourth-order valence-corrected chi connectivity index (χ4v) is 3.49.